The first-order valence-electron chi connectivity index (χ1n) is 10.0. The van der Waals surface area contributed by atoms with Crippen molar-refractivity contribution < 1.29 is 14.6 Å². The van der Waals surface area contributed by atoms with E-state index < -0.39 is 5.97 Å². The highest BCUT2D eigenvalue weighted by molar-refractivity contribution is 14.1. The highest BCUT2D eigenvalue weighted by Gasteiger charge is 2.11. The lowest BCUT2D eigenvalue weighted by Gasteiger charge is -2.13. The maximum atomic E-state index is 11.1. The van der Waals surface area contributed by atoms with Crippen molar-refractivity contribution in [1.82, 2.24) is 0 Å². The van der Waals surface area contributed by atoms with E-state index >= 15 is 0 Å². The summed E-state index contributed by atoms with van der Waals surface area (Å²) in [5, 5.41) is 21.1. The van der Waals surface area contributed by atoms with Gasteiger partial charge in [0, 0.05) is 0 Å². The van der Waals surface area contributed by atoms with Gasteiger partial charge in [0.15, 0.2) is 0 Å². The normalized spacial score (nSPS) is 11.2. The third-order valence-electron chi connectivity index (χ3n) is 5.15. The van der Waals surface area contributed by atoms with Crippen LogP contribution in [0.4, 0.5) is 0 Å². The molecular formula is C27H17I2NO3. The van der Waals surface area contributed by atoms with Crippen LogP contribution in [0, 0.1) is 18.5 Å². The molecule has 0 radical (unpaired) electrons. The minimum atomic E-state index is -0.993. The Labute approximate surface area is 218 Å². The van der Waals surface area contributed by atoms with Gasteiger partial charge in [-0.15, -0.1) is 0 Å². The molecule has 0 saturated carbocycles. The van der Waals surface area contributed by atoms with Crippen molar-refractivity contribution in [2.75, 3.05) is 0 Å². The van der Waals surface area contributed by atoms with E-state index in [1.165, 1.54) is 22.9 Å². The maximum Gasteiger partial charge on any atom is 0.335 e. The smallest absolute Gasteiger partial charge is 0.335 e. The summed E-state index contributed by atoms with van der Waals surface area (Å²) in [7, 11) is 0. The molecule has 0 aliphatic rings. The van der Waals surface area contributed by atoms with E-state index in [9.17, 15) is 10.1 Å². The summed E-state index contributed by atoms with van der Waals surface area (Å²) in [5.74, 6) is -0.183. The van der Waals surface area contributed by atoms with Gasteiger partial charge in [-0.25, -0.2) is 4.79 Å². The Morgan fingerprint density at radius 1 is 0.939 bits per heavy atom. The quantitative estimate of drug-likeness (QED) is 0.134. The van der Waals surface area contributed by atoms with Crippen LogP contribution >= 0.6 is 45.2 Å². The van der Waals surface area contributed by atoms with Gasteiger partial charge in [-0.05, 0) is 103 Å². The number of benzene rings is 4. The average molecular weight is 657 g/mol. The lowest BCUT2D eigenvalue weighted by atomic mass is 10.0. The summed E-state index contributed by atoms with van der Waals surface area (Å²) in [5.41, 5.74) is 3.32. The molecule has 0 aromatic heterocycles. The van der Waals surface area contributed by atoms with E-state index in [1.54, 1.807) is 18.2 Å². The van der Waals surface area contributed by atoms with Crippen LogP contribution in [0.1, 0.15) is 27.0 Å². The van der Waals surface area contributed by atoms with E-state index in [-0.39, 0.29) is 5.56 Å². The van der Waals surface area contributed by atoms with Crippen molar-refractivity contribution in [3.8, 4) is 11.8 Å². The van der Waals surface area contributed by atoms with Crippen LogP contribution in [-0.2, 0) is 6.61 Å². The zero-order chi connectivity index (χ0) is 23.4. The molecule has 4 aromatic carbocycles. The van der Waals surface area contributed by atoms with Gasteiger partial charge < -0.3 is 9.84 Å². The Morgan fingerprint density at radius 2 is 1.58 bits per heavy atom. The summed E-state index contributed by atoms with van der Waals surface area (Å²) in [6, 6.07) is 26.9. The van der Waals surface area contributed by atoms with Gasteiger partial charge in [0.2, 0.25) is 0 Å². The molecule has 162 valence electrons. The van der Waals surface area contributed by atoms with Crippen LogP contribution in [-0.4, -0.2) is 11.1 Å². The molecular weight excluding hydrogens is 640 g/mol. The molecule has 0 spiro atoms. The summed E-state index contributed by atoms with van der Waals surface area (Å²) < 4.78 is 8.11. The lowest BCUT2D eigenvalue weighted by molar-refractivity contribution is 0.0697. The Morgan fingerprint density at radius 3 is 2.24 bits per heavy atom. The predicted octanol–water partition coefficient (Wildman–Crippen LogP) is 7.39. The fourth-order valence-electron chi connectivity index (χ4n) is 3.51. The molecule has 0 saturated heterocycles. The minimum Gasteiger partial charge on any atom is -0.487 e. The van der Waals surface area contributed by atoms with E-state index in [0.29, 0.717) is 17.7 Å². The van der Waals surface area contributed by atoms with Crippen LogP contribution in [0.2, 0.25) is 0 Å². The monoisotopic (exact) mass is 657 g/mol. The van der Waals surface area contributed by atoms with E-state index in [4.69, 9.17) is 9.84 Å². The number of nitriles is 1. The van der Waals surface area contributed by atoms with Gasteiger partial charge in [0.25, 0.3) is 0 Å². The number of hydrogen-bond acceptors (Lipinski definition) is 3. The zero-order valence-corrected chi connectivity index (χ0v) is 21.6. The number of nitrogens with zero attached hydrogens (tertiary/aromatic N) is 1. The molecule has 0 aliphatic heterocycles. The van der Waals surface area contributed by atoms with Gasteiger partial charge >= 0.3 is 5.97 Å². The molecule has 0 aliphatic carbocycles. The van der Waals surface area contributed by atoms with Crippen molar-refractivity contribution in [3.05, 3.63) is 108 Å². The third kappa shape index (κ3) is 5.37. The van der Waals surface area contributed by atoms with Crippen molar-refractivity contribution >= 4 is 73.6 Å². The lowest BCUT2D eigenvalue weighted by Crippen LogP contribution is -2.00. The summed E-state index contributed by atoms with van der Waals surface area (Å²) in [4.78, 5) is 11.1. The Hall–Kier alpha value is -2.90. The maximum absolute atomic E-state index is 11.1. The minimum absolute atomic E-state index is 0.188. The molecule has 6 heteroatoms. The first kappa shape index (κ1) is 23.3. The number of fused-ring (bicyclic) bond motifs is 1. The summed E-state index contributed by atoms with van der Waals surface area (Å²) in [6.45, 7) is 0.460. The second kappa shape index (κ2) is 10.4. The number of allylic oxidation sites excluding steroid dienone is 1. The van der Waals surface area contributed by atoms with Crippen molar-refractivity contribution in [3.63, 3.8) is 0 Å². The summed E-state index contributed by atoms with van der Waals surface area (Å²) >= 11 is 4.50. The van der Waals surface area contributed by atoms with Crippen LogP contribution in [0.15, 0.2) is 78.9 Å². The number of carbonyl (C=O) groups is 1. The van der Waals surface area contributed by atoms with Gasteiger partial charge in [0.05, 0.1) is 24.3 Å². The fraction of sp³-hybridized carbons (Fsp3) is 0.0370. The largest absolute Gasteiger partial charge is 0.487 e. The molecule has 4 aromatic rings. The number of ether oxygens (including phenoxy) is 1. The predicted molar refractivity (Wildman–Crippen MR) is 147 cm³/mol. The average Bonchev–Trinajstić information content (AvgIpc) is 2.82. The SMILES string of the molecule is N#C/C(=C/c1cc(I)c(OCc2cccc3ccccc23)c(I)c1)c1ccc(C(=O)O)cc1. The molecule has 4 rings (SSSR count). The molecule has 0 heterocycles. The molecule has 0 atom stereocenters. The van der Waals surface area contributed by atoms with Crippen LogP contribution in [0.5, 0.6) is 5.75 Å². The summed E-state index contributed by atoms with van der Waals surface area (Å²) in [6.07, 6.45) is 1.80. The molecule has 0 fully saturated rings. The highest BCUT2D eigenvalue weighted by Crippen LogP contribution is 2.32. The number of aromatic carboxylic acids is 1. The number of carboxylic acid groups (broad SMARTS) is 1. The standard InChI is InChI=1S/C27H17I2NO3/c28-24-13-17(12-22(15-30)18-8-10-20(11-9-18)27(31)32)14-25(29)26(24)33-16-21-6-3-5-19-4-1-2-7-23(19)21/h1-14H,16H2,(H,31,32)/b22-12-. The Balaban J connectivity index is 1.58. The van der Waals surface area contributed by atoms with E-state index in [0.717, 1.165) is 24.0 Å². The molecule has 0 unspecified atom stereocenters. The highest BCUT2D eigenvalue weighted by atomic mass is 127. The molecule has 33 heavy (non-hydrogen) atoms. The van der Waals surface area contributed by atoms with Crippen molar-refractivity contribution in [2.45, 2.75) is 6.61 Å². The van der Waals surface area contributed by atoms with Gasteiger partial charge in [-0.2, -0.15) is 5.26 Å². The number of hydrogen-bond donors (Lipinski definition) is 1. The second-order valence-corrected chi connectivity index (χ2v) is 9.62. The topological polar surface area (TPSA) is 70.3 Å². The van der Waals surface area contributed by atoms with Crippen LogP contribution in [0.3, 0.4) is 0 Å². The fourth-order valence-corrected chi connectivity index (χ4v) is 5.64. The first-order chi connectivity index (χ1) is 16.0. The van der Waals surface area contributed by atoms with Crippen molar-refractivity contribution in [2.24, 2.45) is 0 Å². The molecule has 0 bridgehead atoms. The van der Waals surface area contributed by atoms with Gasteiger partial charge in [-0.3, -0.25) is 0 Å². The van der Waals surface area contributed by atoms with Crippen LogP contribution < -0.4 is 4.74 Å². The van der Waals surface area contributed by atoms with E-state index in [1.807, 2.05) is 30.3 Å². The molecule has 0 amide bonds. The Bertz CT molecular complexity index is 1390. The number of carboxylic acids is 1. The molecule has 1 N–H and O–H groups in total. The number of halogens is 2. The Kier molecular flexibility index (Phi) is 7.30. The number of rotatable bonds is 6. The molecule has 4 nitrogen and oxygen atoms in total. The van der Waals surface area contributed by atoms with Crippen molar-refractivity contribution in [1.29, 1.82) is 5.26 Å². The van der Waals surface area contributed by atoms with E-state index in [2.05, 4.69) is 75.5 Å². The van der Waals surface area contributed by atoms with Gasteiger partial charge in [-0.1, -0.05) is 54.6 Å². The zero-order valence-electron chi connectivity index (χ0n) is 17.3. The van der Waals surface area contributed by atoms with Crippen LogP contribution in [0.25, 0.3) is 22.4 Å². The second-order valence-electron chi connectivity index (χ2n) is 7.29. The third-order valence-corrected chi connectivity index (χ3v) is 6.75. The first-order valence-corrected chi connectivity index (χ1v) is 12.2. The van der Waals surface area contributed by atoms with Gasteiger partial charge in [0.1, 0.15) is 12.4 Å².